The van der Waals surface area contributed by atoms with Crippen molar-refractivity contribution < 1.29 is 9.21 Å². The van der Waals surface area contributed by atoms with Gasteiger partial charge in [0.05, 0.1) is 11.7 Å². The molecular formula is C20H19NO2. The second-order valence-electron chi connectivity index (χ2n) is 6.69. The second kappa shape index (κ2) is 4.72. The Labute approximate surface area is 135 Å². The van der Waals surface area contributed by atoms with Crippen LogP contribution in [0.1, 0.15) is 23.6 Å². The van der Waals surface area contributed by atoms with E-state index in [1.807, 2.05) is 25.2 Å². The number of likely N-dealkylation sites (N-methyl/N-ethyl adjacent to an activating group) is 1. The first kappa shape index (κ1) is 14.1. The number of hydrogen-bond donors (Lipinski definition) is 0. The van der Waals surface area contributed by atoms with Crippen LogP contribution in [0.5, 0.6) is 0 Å². The minimum atomic E-state index is -0.520. The van der Waals surface area contributed by atoms with Crippen LogP contribution in [0, 0.1) is 6.92 Å². The monoisotopic (exact) mass is 305 g/mol. The number of nitrogens with zero attached hydrogens (tertiary/aromatic N) is 1. The third kappa shape index (κ3) is 2.00. The Morgan fingerprint density at radius 1 is 1.13 bits per heavy atom. The highest BCUT2D eigenvalue weighted by Crippen LogP contribution is 2.43. The van der Waals surface area contributed by atoms with Crippen molar-refractivity contribution in [2.24, 2.45) is 0 Å². The minimum Gasteiger partial charge on any atom is -0.464 e. The molecule has 0 fully saturated rings. The SMILES string of the molecule is Cc1ccc2c(c1)[C@@](C)(Cc1ccc3occc3c1)C(=O)N2C. The van der Waals surface area contributed by atoms with Crippen molar-refractivity contribution in [3.8, 4) is 0 Å². The van der Waals surface area contributed by atoms with E-state index in [2.05, 4.69) is 38.1 Å². The van der Waals surface area contributed by atoms with Gasteiger partial charge in [-0.2, -0.15) is 0 Å². The molecule has 0 spiro atoms. The molecule has 0 saturated heterocycles. The molecule has 1 atom stereocenters. The van der Waals surface area contributed by atoms with Crippen molar-refractivity contribution in [1.29, 1.82) is 0 Å². The van der Waals surface area contributed by atoms with Crippen LogP contribution in [0.3, 0.4) is 0 Å². The number of furan rings is 1. The summed E-state index contributed by atoms with van der Waals surface area (Å²) in [7, 11) is 1.86. The predicted molar refractivity (Wildman–Crippen MR) is 91.9 cm³/mol. The van der Waals surface area contributed by atoms with Crippen LogP contribution in [0.15, 0.2) is 53.1 Å². The summed E-state index contributed by atoms with van der Waals surface area (Å²) >= 11 is 0. The van der Waals surface area contributed by atoms with E-state index in [0.29, 0.717) is 6.42 Å². The van der Waals surface area contributed by atoms with Crippen molar-refractivity contribution in [3.63, 3.8) is 0 Å². The number of aryl methyl sites for hydroxylation is 1. The molecule has 2 heterocycles. The molecule has 1 amide bonds. The standard InChI is InChI=1S/C20H19NO2/c1-13-4-6-17-16(10-13)20(2,19(22)21(17)3)12-14-5-7-18-15(11-14)8-9-23-18/h4-11H,12H2,1-3H3/t20-/m1/s1. The van der Waals surface area contributed by atoms with Crippen LogP contribution in [-0.2, 0) is 16.6 Å². The number of rotatable bonds is 2. The zero-order valence-electron chi connectivity index (χ0n) is 13.6. The van der Waals surface area contributed by atoms with E-state index < -0.39 is 5.41 Å². The number of amides is 1. The van der Waals surface area contributed by atoms with Gasteiger partial charge in [0.15, 0.2) is 0 Å². The first-order valence-corrected chi connectivity index (χ1v) is 7.84. The lowest BCUT2D eigenvalue weighted by atomic mass is 9.78. The molecular weight excluding hydrogens is 286 g/mol. The van der Waals surface area contributed by atoms with Crippen molar-refractivity contribution in [2.45, 2.75) is 25.7 Å². The van der Waals surface area contributed by atoms with Crippen LogP contribution in [0.25, 0.3) is 11.0 Å². The Kier molecular flexibility index (Phi) is 2.89. The summed E-state index contributed by atoms with van der Waals surface area (Å²) in [6.07, 6.45) is 2.39. The highest BCUT2D eigenvalue weighted by Gasteiger charge is 2.45. The van der Waals surface area contributed by atoms with Gasteiger partial charge >= 0.3 is 0 Å². The molecule has 0 saturated carbocycles. The van der Waals surface area contributed by atoms with E-state index in [9.17, 15) is 4.79 Å². The Hall–Kier alpha value is -2.55. The maximum Gasteiger partial charge on any atom is 0.237 e. The van der Waals surface area contributed by atoms with E-state index in [1.165, 1.54) is 5.56 Å². The molecule has 4 rings (SSSR count). The topological polar surface area (TPSA) is 33.5 Å². The predicted octanol–water partition coefficient (Wildman–Crippen LogP) is 4.22. The number of anilines is 1. The van der Waals surface area contributed by atoms with E-state index in [1.54, 1.807) is 11.2 Å². The molecule has 1 aliphatic rings. The third-order valence-electron chi connectivity index (χ3n) is 4.96. The van der Waals surface area contributed by atoms with E-state index in [0.717, 1.165) is 27.8 Å². The van der Waals surface area contributed by atoms with Gasteiger partial charge in [0.25, 0.3) is 0 Å². The van der Waals surface area contributed by atoms with Crippen molar-refractivity contribution in [1.82, 2.24) is 0 Å². The van der Waals surface area contributed by atoms with Crippen LogP contribution < -0.4 is 4.90 Å². The molecule has 3 heteroatoms. The van der Waals surface area contributed by atoms with Gasteiger partial charge in [0, 0.05) is 18.1 Å². The van der Waals surface area contributed by atoms with Gasteiger partial charge in [-0.25, -0.2) is 0 Å². The number of benzene rings is 2. The molecule has 3 aromatic rings. The average Bonchev–Trinajstić information content (AvgIpc) is 3.06. The summed E-state index contributed by atoms with van der Waals surface area (Å²) in [5, 5.41) is 1.08. The third-order valence-corrected chi connectivity index (χ3v) is 4.96. The molecule has 116 valence electrons. The number of carbonyl (C=O) groups excluding carboxylic acids is 1. The fraction of sp³-hybridized carbons (Fsp3) is 0.250. The zero-order valence-corrected chi connectivity index (χ0v) is 13.6. The molecule has 0 unspecified atom stereocenters. The van der Waals surface area contributed by atoms with E-state index in [4.69, 9.17) is 4.42 Å². The van der Waals surface area contributed by atoms with Crippen molar-refractivity contribution >= 4 is 22.6 Å². The van der Waals surface area contributed by atoms with Gasteiger partial charge < -0.3 is 9.32 Å². The van der Waals surface area contributed by atoms with Gasteiger partial charge in [0.2, 0.25) is 5.91 Å². The maximum absolute atomic E-state index is 12.9. The second-order valence-corrected chi connectivity index (χ2v) is 6.69. The summed E-state index contributed by atoms with van der Waals surface area (Å²) in [6.45, 7) is 4.12. The van der Waals surface area contributed by atoms with Gasteiger partial charge in [-0.3, -0.25) is 4.79 Å². The molecule has 0 radical (unpaired) electrons. The van der Waals surface area contributed by atoms with Gasteiger partial charge in [0.1, 0.15) is 5.58 Å². The van der Waals surface area contributed by atoms with Crippen LogP contribution in [0.4, 0.5) is 5.69 Å². The summed E-state index contributed by atoms with van der Waals surface area (Å²) < 4.78 is 5.40. The molecule has 1 aromatic heterocycles. The molecule has 3 nitrogen and oxygen atoms in total. The lowest BCUT2D eigenvalue weighted by molar-refractivity contribution is -0.122. The van der Waals surface area contributed by atoms with Crippen LogP contribution in [-0.4, -0.2) is 13.0 Å². The van der Waals surface area contributed by atoms with Gasteiger partial charge in [-0.1, -0.05) is 23.8 Å². The van der Waals surface area contributed by atoms with Crippen molar-refractivity contribution in [3.05, 3.63) is 65.4 Å². The Morgan fingerprint density at radius 2 is 1.96 bits per heavy atom. The van der Waals surface area contributed by atoms with Crippen LogP contribution in [0.2, 0.25) is 0 Å². The highest BCUT2D eigenvalue weighted by atomic mass is 16.3. The normalized spacial score (nSPS) is 20.3. The summed E-state index contributed by atoms with van der Waals surface area (Å²) in [5.74, 6) is 0.158. The summed E-state index contributed by atoms with van der Waals surface area (Å²) in [5.41, 5.74) is 4.84. The lowest BCUT2D eigenvalue weighted by Crippen LogP contribution is -2.37. The number of carbonyl (C=O) groups is 1. The van der Waals surface area contributed by atoms with Gasteiger partial charge in [-0.15, -0.1) is 0 Å². The molecule has 1 aliphatic heterocycles. The van der Waals surface area contributed by atoms with E-state index in [-0.39, 0.29) is 5.91 Å². The number of fused-ring (bicyclic) bond motifs is 2. The first-order chi connectivity index (χ1) is 11.0. The Morgan fingerprint density at radius 3 is 2.78 bits per heavy atom. The summed E-state index contributed by atoms with van der Waals surface area (Å²) in [4.78, 5) is 14.7. The van der Waals surface area contributed by atoms with Gasteiger partial charge in [-0.05, 0) is 55.7 Å². The zero-order chi connectivity index (χ0) is 16.2. The molecule has 2 aromatic carbocycles. The molecule has 0 bridgehead atoms. The Bertz CT molecular complexity index is 924. The maximum atomic E-state index is 12.9. The first-order valence-electron chi connectivity index (χ1n) is 7.84. The fourth-order valence-electron chi connectivity index (χ4n) is 3.68. The smallest absolute Gasteiger partial charge is 0.237 e. The van der Waals surface area contributed by atoms with Crippen molar-refractivity contribution in [2.75, 3.05) is 11.9 Å². The lowest BCUT2D eigenvalue weighted by Gasteiger charge is -2.23. The minimum absolute atomic E-state index is 0.158. The van der Waals surface area contributed by atoms with Crippen LogP contribution >= 0.6 is 0 Å². The molecule has 0 aliphatic carbocycles. The molecule has 0 N–H and O–H groups in total. The fourth-order valence-corrected chi connectivity index (χ4v) is 3.68. The average molecular weight is 305 g/mol. The molecule has 23 heavy (non-hydrogen) atoms. The number of hydrogen-bond acceptors (Lipinski definition) is 2. The summed E-state index contributed by atoms with van der Waals surface area (Å²) in [6, 6.07) is 14.4. The highest BCUT2D eigenvalue weighted by molar-refractivity contribution is 6.07. The van der Waals surface area contributed by atoms with E-state index >= 15 is 0 Å². The Balaban J connectivity index is 1.80. The quantitative estimate of drug-likeness (QED) is 0.710. The largest absolute Gasteiger partial charge is 0.464 e.